The second-order valence-corrected chi connectivity index (χ2v) is 8.19. The van der Waals surface area contributed by atoms with E-state index in [4.69, 9.17) is 13.9 Å². The molecule has 2 aliphatic rings. The number of Topliss-reactive ketones (excluding diaryl/α,β-unsaturated/α-hetero) is 1. The Morgan fingerprint density at radius 1 is 1.12 bits per heavy atom. The second-order valence-electron chi connectivity index (χ2n) is 8.19. The van der Waals surface area contributed by atoms with Crippen molar-refractivity contribution in [1.29, 1.82) is 0 Å². The van der Waals surface area contributed by atoms with Crippen molar-refractivity contribution in [1.82, 2.24) is 9.80 Å². The molecular weight excluding hydrogens is 424 g/mol. The summed E-state index contributed by atoms with van der Waals surface area (Å²) in [6.45, 7) is 6.94. The molecule has 176 valence electrons. The molecule has 8 heteroatoms. The van der Waals surface area contributed by atoms with E-state index in [0.29, 0.717) is 49.9 Å². The summed E-state index contributed by atoms with van der Waals surface area (Å²) in [6.07, 6.45) is 3.09. The Labute approximate surface area is 193 Å². The van der Waals surface area contributed by atoms with Crippen LogP contribution in [0.5, 0.6) is 5.75 Å². The van der Waals surface area contributed by atoms with Crippen LogP contribution in [0.1, 0.15) is 37.1 Å². The average molecular weight is 455 g/mol. The lowest BCUT2D eigenvalue weighted by Gasteiger charge is -2.28. The number of hydrogen-bond acceptors (Lipinski definition) is 7. The molecule has 1 aromatic carbocycles. The number of hydrogen-bond donors (Lipinski definition) is 1. The number of likely N-dealkylation sites (tertiary alicyclic amines) is 1. The van der Waals surface area contributed by atoms with Crippen molar-refractivity contribution >= 4 is 17.4 Å². The van der Waals surface area contributed by atoms with E-state index < -0.39 is 17.7 Å². The third-order valence-electron chi connectivity index (χ3n) is 5.93. The van der Waals surface area contributed by atoms with Crippen LogP contribution in [-0.4, -0.2) is 72.6 Å². The summed E-state index contributed by atoms with van der Waals surface area (Å²) in [5.41, 5.74) is 0.491. The third-order valence-corrected chi connectivity index (χ3v) is 5.93. The highest BCUT2D eigenvalue weighted by Crippen LogP contribution is 2.39. The predicted octanol–water partition coefficient (Wildman–Crippen LogP) is 3.21. The number of carbonyl (C=O) groups excluding carboxylic acids is 2. The number of benzene rings is 1. The Bertz CT molecular complexity index is 977. The molecule has 0 bridgehead atoms. The van der Waals surface area contributed by atoms with Gasteiger partial charge in [-0.2, -0.15) is 0 Å². The minimum Gasteiger partial charge on any atom is -0.507 e. The summed E-state index contributed by atoms with van der Waals surface area (Å²) in [5.74, 6) is -0.411. The van der Waals surface area contributed by atoms with Gasteiger partial charge in [-0.05, 0) is 49.2 Å². The van der Waals surface area contributed by atoms with Crippen LogP contribution in [0.25, 0.3) is 5.76 Å². The van der Waals surface area contributed by atoms with Crippen molar-refractivity contribution in [2.24, 2.45) is 0 Å². The summed E-state index contributed by atoms with van der Waals surface area (Å²) in [4.78, 5) is 29.7. The summed E-state index contributed by atoms with van der Waals surface area (Å²) in [5, 5.41) is 11.1. The molecular formula is C25H30N2O6. The lowest BCUT2D eigenvalue weighted by Crippen LogP contribution is -2.38. The SMILES string of the molecule is CCCOc1ccc(/C(O)=C2\C(=O)C(=O)N(CCCN3CCOCC3)[C@@H]2c2ccco2)cc1. The van der Waals surface area contributed by atoms with Gasteiger partial charge < -0.3 is 23.9 Å². The number of amides is 1. The monoisotopic (exact) mass is 454 g/mol. The molecule has 0 spiro atoms. The number of aliphatic hydroxyl groups excluding tert-OH is 1. The largest absolute Gasteiger partial charge is 0.507 e. The average Bonchev–Trinajstić information content (AvgIpc) is 3.46. The van der Waals surface area contributed by atoms with Gasteiger partial charge in [0.25, 0.3) is 11.7 Å². The Morgan fingerprint density at radius 3 is 2.55 bits per heavy atom. The number of morpholine rings is 1. The van der Waals surface area contributed by atoms with Crippen LogP contribution in [0.4, 0.5) is 0 Å². The summed E-state index contributed by atoms with van der Waals surface area (Å²) in [7, 11) is 0. The van der Waals surface area contributed by atoms with Crippen molar-refractivity contribution in [3.05, 3.63) is 59.6 Å². The van der Waals surface area contributed by atoms with Crippen LogP contribution in [0.3, 0.4) is 0 Å². The lowest BCUT2D eigenvalue weighted by atomic mass is 9.99. The van der Waals surface area contributed by atoms with Gasteiger partial charge in [0.1, 0.15) is 23.3 Å². The molecule has 1 N–H and O–H groups in total. The van der Waals surface area contributed by atoms with Crippen LogP contribution in [0.2, 0.25) is 0 Å². The Kier molecular flexibility index (Phi) is 7.47. The first-order valence-electron chi connectivity index (χ1n) is 11.4. The van der Waals surface area contributed by atoms with Crippen molar-refractivity contribution in [2.45, 2.75) is 25.8 Å². The fourth-order valence-electron chi connectivity index (χ4n) is 4.23. The normalized spacial score (nSPS) is 21.0. The van der Waals surface area contributed by atoms with Crippen molar-refractivity contribution in [3.8, 4) is 5.75 Å². The molecule has 2 saturated heterocycles. The van der Waals surface area contributed by atoms with Crippen LogP contribution in [0, 0.1) is 0 Å². The maximum absolute atomic E-state index is 13.0. The number of carbonyl (C=O) groups is 2. The molecule has 2 aromatic rings. The highest BCUT2D eigenvalue weighted by molar-refractivity contribution is 6.46. The molecule has 0 unspecified atom stereocenters. The Balaban J connectivity index is 1.58. The van der Waals surface area contributed by atoms with Crippen LogP contribution < -0.4 is 4.74 Å². The topological polar surface area (TPSA) is 92.5 Å². The molecule has 4 rings (SSSR count). The first-order chi connectivity index (χ1) is 16.1. The minimum absolute atomic E-state index is 0.0450. The number of ether oxygens (including phenoxy) is 2. The molecule has 3 heterocycles. The summed E-state index contributed by atoms with van der Waals surface area (Å²) in [6, 6.07) is 9.52. The fourth-order valence-corrected chi connectivity index (χ4v) is 4.23. The zero-order chi connectivity index (χ0) is 23.2. The fraction of sp³-hybridized carbons (Fsp3) is 0.440. The van der Waals surface area contributed by atoms with Crippen LogP contribution >= 0.6 is 0 Å². The Morgan fingerprint density at radius 2 is 1.88 bits per heavy atom. The predicted molar refractivity (Wildman–Crippen MR) is 122 cm³/mol. The standard InChI is InChI=1S/C25H30N2O6/c1-2-14-32-19-8-6-18(7-9-19)23(28)21-22(20-5-3-15-33-20)27(25(30)24(21)29)11-4-10-26-12-16-31-17-13-26/h3,5-9,15,22,28H,2,4,10-14,16-17H2,1H3/b23-21+/t22-/m1/s1. The molecule has 1 aromatic heterocycles. The molecule has 1 atom stereocenters. The second kappa shape index (κ2) is 10.7. The molecule has 0 radical (unpaired) electrons. The molecule has 8 nitrogen and oxygen atoms in total. The summed E-state index contributed by atoms with van der Waals surface area (Å²) < 4.78 is 16.6. The van der Waals surface area contributed by atoms with Gasteiger partial charge in [-0.1, -0.05) is 6.92 Å². The third kappa shape index (κ3) is 5.12. The zero-order valence-corrected chi connectivity index (χ0v) is 18.9. The van der Waals surface area contributed by atoms with E-state index in [1.54, 1.807) is 36.4 Å². The van der Waals surface area contributed by atoms with Gasteiger partial charge in [0.05, 0.1) is 31.7 Å². The van der Waals surface area contributed by atoms with Gasteiger partial charge in [0.15, 0.2) is 0 Å². The van der Waals surface area contributed by atoms with E-state index in [0.717, 1.165) is 26.1 Å². The molecule has 2 fully saturated rings. The molecule has 33 heavy (non-hydrogen) atoms. The number of furan rings is 1. The van der Waals surface area contributed by atoms with E-state index in [1.807, 2.05) is 6.92 Å². The van der Waals surface area contributed by atoms with Gasteiger partial charge in [-0.3, -0.25) is 14.5 Å². The lowest BCUT2D eigenvalue weighted by molar-refractivity contribution is -0.140. The van der Waals surface area contributed by atoms with Crippen LogP contribution in [0.15, 0.2) is 52.7 Å². The van der Waals surface area contributed by atoms with Gasteiger partial charge in [0.2, 0.25) is 0 Å². The van der Waals surface area contributed by atoms with E-state index >= 15 is 0 Å². The van der Waals surface area contributed by atoms with Crippen LogP contribution in [-0.2, 0) is 14.3 Å². The maximum atomic E-state index is 13.0. The molecule has 1 amide bonds. The van der Waals surface area contributed by atoms with E-state index in [-0.39, 0.29) is 11.3 Å². The van der Waals surface area contributed by atoms with Gasteiger partial charge in [-0.25, -0.2) is 0 Å². The zero-order valence-electron chi connectivity index (χ0n) is 18.9. The number of nitrogens with zero attached hydrogens (tertiary/aromatic N) is 2. The van der Waals surface area contributed by atoms with E-state index in [2.05, 4.69) is 4.90 Å². The maximum Gasteiger partial charge on any atom is 0.295 e. The van der Waals surface area contributed by atoms with Gasteiger partial charge in [-0.15, -0.1) is 0 Å². The first-order valence-corrected chi connectivity index (χ1v) is 11.4. The summed E-state index contributed by atoms with van der Waals surface area (Å²) >= 11 is 0. The smallest absolute Gasteiger partial charge is 0.295 e. The number of ketones is 1. The number of rotatable bonds is 9. The number of aliphatic hydroxyl groups is 1. The minimum atomic E-state index is -0.763. The van der Waals surface area contributed by atoms with Gasteiger partial charge >= 0.3 is 0 Å². The Hall–Kier alpha value is -3.10. The highest BCUT2D eigenvalue weighted by atomic mass is 16.5. The highest BCUT2D eigenvalue weighted by Gasteiger charge is 2.47. The van der Waals surface area contributed by atoms with Crippen molar-refractivity contribution in [2.75, 3.05) is 46.0 Å². The van der Waals surface area contributed by atoms with Crippen molar-refractivity contribution in [3.63, 3.8) is 0 Å². The molecule has 2 aliphatic heterocycles. The first kappa shape index (κ1) is 23.1. The van der Waals surface area contributed by atoms with E-state index in [1.165, 1.54) is 11.2 Å². The van der Waals surface area contributed by atoms with E-state index in [9.17, 15) is 14.7 Å². The quantitative estimate of drug-likeness (QED) is 0.353. The van der Waals surface area contributed by atoms with Crippen molar-refractivity contribution < 1.29 is 28.6 Å². The molecule has 0 aliphatic carbocycles. The van der Waals surface area contributed by atoms with Gasteiger partial charge in [0, 0.05) is 31.7 Å². The molecule has 0 saturated carbocycles.